The Morgan fingerprint density at radius 2 is 1.91 bits per heavy atom. The SMILES string of the molecule is COC[C@H](NCCOc1ccc2c(c1)CCC(CCC1CCOCC1)C(c1cc(C)c(=O)n(C)c1)=N2)C(=O)OC1CCCC1. The first kappa shape index (κ1) is 32.4. The quantitative estimate of drug-likeness (QED) is 0.251. The van der Waals surface area contributed by atoms with Gasteiger partial charge < -0.3 is 23.5 Å². The van der Waals surface area contributed by atoms with Crippen molar-refractivity contribution in [3.8, 4) is 5.75 Å². The molecule has 5 rings (SSSR count). The number of aliphatic imine (C=N–C) groups is 1. The standard InChI is InChI=1S/C35H49N3O6/c1-24-20-28(22-38(2)34(24)39)33-26(9-8-25-14-17-42-18-15-25)10-11-27-21-30(12-13-31(27)37-33)43-19-16-36-32(23-41-3)35(40)44-29-6-4-5-7-29/h12-13,20-22,25-26,29,32,36H,4-11,14-19,23H2,1-3H3/t26?,32-/m0/s1. The highest BCUT2D eigenvalue weighted by molar-refractivity contribution is 6.04. The van der Waals surface area contributed by atoms with Gasteiger partial charge in [0.25, 0.3) is 5.56 Å². The molecule has 1 aromatic carbocycles. The van der Waals surface area contributed by atoms with Gasteiger partial charge in [-0.1, -0.05) is 0 Å². The van der Waals surface area contributed by atoms with E-state index < -0.39 is 6.04 Å². The number of hydrogen-bond donors (Lipinski definition) is 1. The van der Waals surface area contributed by atoms with Crippen LogP contribution in [-0.4, -0.2) is 68.5 Å². The van der Waals surface area contributed by atoms with Crippen LogP contribution in [0.5, 0.6) is 5.75 Å². The largest absolute Gasteiger partial charge is 0.492 e. The summed E-state index contributed by atoms with van der Waals surface area (Å²) in [6.45, 7) is 4.76. The second kappa shape index (κ2) is 15.8. The highest BCUT2D eigenvalue weighted by atomic mass is 16.5. The molecule has 1 N–H and O–H groups in total. The van der Waals surface area contributed by atoms with Crippen LogP contribution in [0.25, 0.3) is 0 Å². The summed E-state index contributed by atoms with van der Waals surface area (Å²) >= 11 is 0. The highest BCUT2D eigenvalue weighted by Crippen LogP contribution is 2.35. The molecule has 0 spiro atoms. The number of methoxy groups -OCH3 is 1. The van der Waals surface area contributed by atoms with E-state index in [1.807, 2.05) is 38.4 Å². The van der Waals surface area contributed by atoms with E-state index in [0.717, 1.165) is 106 Å². The fourth-order valence-corrected chi connectivity index (χ4v) is 6.75. The number of hydrogen-bond acceptors (Lipinski definition) is 8. The molecule has 2 atom stereocenters. The van der Waals surface area contributed by atoms with Gasteiger partial charge in [-0.05, 0) is 107 Å². The number of fused-ring (bicyclic) bond motifs is 1. The molecule has 0 bridgehead atoms. The van der Waals surface area contributed by atoms with Gasteiger partial charge in [0.1, 0.15) is 24.5 Å². The van der Waals surface area contributed by atoms with E-state index in [-0.39, 0.29) is 24.2 Å². The summed E-state index contributed by atoms with van der Waals surface area (Å²) in [4.78, 5) is 30.4. The zero-order valence-electron chi connectivity index (χ0n) is 26.6. The number of rotatable bonds is 13. The normalized spacial score (nSPS) is 20.1. The second-order valence-corrected chi connectivity index (χ2v) is 12.6. The Morgan fingerprint density at radius 1 is 1.11 bits per heavy atom. The Balaban J connectivity index is 1.24. The van der Waals surface area contributed by atoms with Crippen molar-refractivity contribution in [1.29, 1.82) is 0 Å². The minimum atomic E-state index is -0.511. The molecular formula is C35H49N3O6. The molecule has 1 aromatic heterocycles. The van der Waals surface area contributed by atoms with E-state index in [9.17, 15) is 9.59 Å². The van der Waals surface area contributed by atoms with Crippen LogP contribution in [-0.2, 0) is 32.5 Å². The molecular weight excluding hydrogens is 558 g/mol. The first-order valence-electron chi connectivity index (χ1n) is 16.4. The van der Waals surface area contributed by atoms with Crippen LogP contribution < -0.4 is 15.6 Å². The van der Waals surface area contributed by atoms with E-state index in [1.54, 1.807) is 11.7 Å². The molecule has 1 aliphatic carbocycles. The third kappa shape index (κ3) is 8.58. The average molecular weight is 608 g/mol. The van der Waals surface area contributed by atoms with Crippen molar-refractivity contribution < 1.29 is 23.7 Å². The number of nitrogens with one attached hydrogen (secondary N) is 1. The van der Waals surface area contributed by atoms with Gasteiger partial charge in [0.2, 0.25) is 0 Å². The van der Waals surface area contributed by atoms with Crippen molar-refractivity contribution >= 4 is 17.4 Å². The van der Waals surface area contributed by atoms with E-state index in [0.29, 0.717) is 25.0 Å². The summed E-state index contributed by atoms with van der Waals surface area (Å²) in [5.74, 6) is 1.53. The second-order valence-electron chi connectivity index (χ2n) is 12.6. The predicted molar refractivity (Wildman–Crippen MR) is 171 cm³/mol. The van der Waals surface area contributed by atoms with Crippen molar-refractivity contribution in [2.75, 3.05) is 40.1 Å². The molecule has 1 saturated carbocycles. The number of benzene rings is 1. The molecule has 1 unspecified atom stereocenters. The fourth-order valence-electron chi connectivity index (χ4n) is 6.75. The Labute approximate surface area is 261 Å². The number of aryl methyl sites for hydroxylation is 3. The number of nitrogens with zero attached hydrogens (tertiary/aromatic N) is 2. The van der Waals surface area contributed by atoms with Crippen LogP contribution in [0.1, 0.15) is 74.5 Å². The van der Waals surface area contributed by atoms with Crippen LogP contribution in [0.4, 0.5) is 5.69 Å². The number of carbonyl (C=O) groups excluding carboxylic acids is 1. The zero-order chi connectivity index (χ0) is 30.9. The lowest BCUT2D eigenvalue weighted by Crippen LogP contribution is -2.44. The van der Waals surface area contributed by atoms with Crippen molar-refractivity contribution in [3.05, 3.63) is 57.5 Å². The summed E-state index contributed by atoms with van der Waals surface area (Å²) in [7, 11) is 3.41. The van der Waals surface area contributed by atoms with Gasteiger partial charge in [-0.2, -0.15) is 0 Å². The van der Waals surface area contributed by atoms with Crippen LogP contribution >= 0.6 is 0 Å². The Hall–Kier alpha value is -3.01. The smallest absolute Gasteiger partial charge is 0.325 e. The molecule has 0 amide bonds. The maximum Gasteiger partial charge on any atom is 0.325 e. The van der Waals surface area contributed by atoms with Gasteiger partial charge in [0, 0.05) is 57.2 Å². The van der Waals surface area contributed by atoms with Gasteiger partial charge in [-0.3, -0.25) is 19.9 Å². The maximum atomic E-state index is 12.7. The molecule has 1 saturated heterocycles. The Morgan fingerprint density at radius 3 is 2.66 bits per heavy atom. The molecule has 240 valence electrons. The van der Waals surface area contributed by atoms with E-state index in [1.165, 1.54) is 5.56 Å². The van der Waals surface area contributed by atoms with Gasteiger partial charge in [-0.25, -0.2) is 0 Å². The molecule has 2 fully saturated rings. The van der Waals surface area contributed by atoms with E-state index >= 15 is 0 Å². The summed E-state index contributed by atoms with van der Waals surface area (Å²) < 4.78 is 24.3. The van der Waals surface area contributed by atoms with Gasteiger partial charge in [0.15, 0.2) is 0 Å². The minimum absolute atomic E-state index is 0.0256. The maximum absolute atomic E-state index is 12.7. The molecule has 2 aliphatic heterocycles. The molecule has 2 aromatic rings. The third-order valence-electron chi connectivity index (χ3n) is 9.33. The average Bonchev–Trinajstić information content (AvgIpc) is 3.47. The van der Waals surface area contributed by atoms with Crippen molar-refractivity contribution in [2.24, 2.45) is 23.9 Å². The summed E-state index contributed by atoms with van der Waals surface area (Å²) in [5.41, 5.74) is 4.98. The van der Waals surface area contributed by atoms with Gasteiger partial charge >= 0.3 is 5.97 Å². The van der Waals surface area contributed by atoms with E-state index in [4.69, 9.17) is 23.9 Å². The molecule has 44 heavy (non-hydrogen) atoms. The van der Waals surface area contributed by atoms with Crippen molar-refractivity contribution in [3.63, 3.8) is 0 Å². The number of carbonyl (C=O) groups is 1. The molecule has 0 radical (unpaired) electrons. The lowest BCUT2D eigenvalue weighted by atomic mass is 9.84. The Bertz CT molecular complexity index is 1320. The summed E-state index contributed by atoms with van der Waals surface area (Å²) in [6.07, 6.45) is 12.5. The lowest BCUT2D eigenvalue weighted by molar-refractivity contribution is -0.152. The molecule has 9 heteroatoms. The molecule has 3 heterocycles. The number of ether oxygens (including phenoxy) is 4. The van der Waals surface area contributed by atoms with Crippen LogP contribution in [0.15, 0.2) is 40.2 Å². The number of pyridine rings is 1. The summed E-state index contributed by atoms with van der Waals surface area (Å²) in [5, 5.41) is 3.24. The minimum Gasteiger partial charge on any atom is -0.492 e. The first-order valence-corrected chi connectivity index (χ1v) is 16.4. The number of esters is 1. The first-order chi connectivity index (χ1) is 21.4. The van der Waals surface area contributed by atoms with E-state index in [2.05, 4.69) is 11.4 Å². The van der Waals surface area contributed by atoms with Crippen LogP contribution in [0.3, 0.4) is 0 Å². The fraction of sp³-hybridized carbons (Fsp3) is 0.629. The third-order valence-corrected chi connectivity index (χ3v) is 9.33. The molecule has 9 nitrogen and oxygen atoms in total. The highest BCUT2D eigenvalue weighted by Gasteiger charge is 2.27. The van der Waals surface area contributed by atoms with Crippen LogP contribution in [0.2, 0.25) is 0 Å². The zero-order valence-corrected chi connectivity index (χ0v) is 26.6. The van der Waals surface area contributed by atoms with Crippen molar-refractivity contribution in [1.82, 2.24) is 9.88 Å². The summed E-state index contributed by atoms with van der Waals surface area (Å²) in [6, 6.07) is 7.60. The van der Waals surface area contributed by atoms with Crippen LogP contribution in [0, 0.1) is 18.8 Å². The predicted octanol–water partition coefficient (Wildman–Crippen LogP) is 5.05. The lowest BCUT2D eigenvalue weighted by Gasteiger charge is -2.25. The van der Waals surface area contributed by atoms with Gasteiger partial charge in [0.05, 0.1) is 18.0 Å². The monoisotopic (exact) mass is 607 g/mol. The van der Waals surface area contributed by atoms with Crippen molar-refractivity contribution in [2.45, 2.75) is 83.3 Å². The van der Waals surface area contributed by atoms with Gasteiger partial charge in [-0.15, -0.1) is 0 Å². The topological polar surface area (TPSA) is 100 Å². The Kier molecular flexibility index (Phi) is 11.6. The molecule has 3 aliphatic rings. The number of aromatic nitrogens is 1.